The molecule has 0 amide bonds. The maximum Gasteiger partial charge on any atom is 0.159 e. The summed E-state index contributed by atoms with van der Waals surface area (Å²) in [6, 6.07) is 0. The van der Waals surface area contributed by atoms with E-state index in [1.165, 1.54) is 25.9 Å². The molecule has 0 aromatic rings. The van der Waals surface area contributed by atoms with Gasteiger partial charge in [0.15, 0.2) is 2.12 Å². The maximum atomic E-state index is 5.58. The number of halogens is 2. The van der Waals surface area contributed by atoms with Crippen molar-refractivity contribution >= 4 is 45.2 Å². The van der Waals surface area contributed by atoms with Gasteiger partial charge in [-0.05, 0) is 77.5 Å². The quantitative estimate of drug-likeness (QED) is 0.538. The first-order valence-corrected chi connectivity index (χ1v) is 6.76. The summed E-state index contributed by atoms with van der Waals surface area (Å²) < 4.78 is 5.90. The predicted molar refractivity (Wildman–Crippen MR) is 68.0 cm³/mol. The molecule has 1 rings (SSSR count). The Labute approximate surface area is 102 Å². The number of ether oxygens (including phenoxy) is 1. The van der Waals surface area contributed by atoms with E-state index >= 15 is 0 Å². The van der Waals surface area contributed by atoms with Crippen LogP contribution in [0.5, 0.6) is 0 Å². The zero-order valence-corrected chi connectivity index (χ0v) is 11.6. The Hall–Kier alpha value is 1.38. The van der Waals surface area contributed by atoms with Gasteiger partial charge in [-0.15, -0.1) is 0 Å². The molecule has 1 atom stereocenters. The molecule has 0 saturated carbocycles. The molecule has 12 heavy (non-hydrogen) atoms. The second-order valence-corrected chi connectivity index (χ2v) is 8.01. The van der Waals surface area contributed by atoms with Crippen LogP contribution in [0, 0.1) is 5.92 Å². The summed E-state index contributed by atoms with van der Waals surface area (Å²) in [5.41, 5.74) is 0. The minimum absolute atomic E-state index is 0.326. The van der Waals surface area contributed by atoms with E-state index in [9.17, 15) is 0 Å². The first kappa shape index (κ1) is 11.5. The van der Waals surface area contributed by atoms with Crippen LogP contribution in [0.1, 0.15) is 12.8 Å². The number of hydrogen-bond donors (Lipinski definition) is 0. The monoisotopic (exact) mass is 395 g/mol. The van der Waals surface area contributed by atoms with Crippen molar-refractivity contribution in [2.75, 3.05) is 26.7 Å². The highest BCUT2D eigenvalue weighted by atomic mass is 127. The molecule has 1 fully saturated rings. The number of hydrogen-bond acceptors (Lipinski definition) is 2. The molecule has 0 aromatic carbocycles. The van der Waals surface area contributed by atoms with Crippen LogP contribution in [0.25, 0.3) is 0 Å². The van der Waals surface area contributed by atoms with Crippen molar-refractivity contribution in [3.63, 3.8) is 0 Å². The Balaban J connectivity index is 2.14. The Kier molecular flexibility index (Phi) is 5.70. The average Bonchev–Trinajstić information content (AvgIpc) is 2.01. The van der Waals surface area contributed by atoms with E-state index in [0.29, 0.717) is 2.12 Å². The zero-order chi connectivity index (χ0) is 8.97. The van der Waals surface area contributed by atoms with E-state index < -0.39 is 0 Å². The van der Waals surface area contributed by atoms with Crippen molar-refractivity contribution in [2.45, 2.75) is 15.0 Å². The minimum atomic E-state index is 0.326. The number of nitrogens with zero attached hydrogens (tertiary/aromatic N) is 1. The molecule has 1 aliphatic heterocycles. The summed E-state index contributed by atoms with van der Waals surface area (Å²) in [6.07, 6.45) is 2.67. The number of likely N-dealkylation sites (tertiary alicyclic amines) is 1. The van der Waals surface area contributed by atoms with Crippen LogP contribution in [0.2, 0.25) is 0 Å². The van der Waals surface area contributed by atoms with Gasteiger partial charge < -0.3 is 9.64 Å². The largest absolute Gasteiger partial charge is 0.358 e. The molecule has 0 unspecified atom stereocenters. The Morgan fingerprint density at radius 3 is 2.92 bits per heavy atom. The molecule has 0 bridgehead atoms. The summed E-state index contributed by atoms with van der Waals surface area (Å²) in [5.74, 6) is 0.760. The fourth-order valence-corrected chi connectivity index (χ4v) is 2.03. The van der Waals surface area contributed by atoms with Crippen LogP contribution in [-0.4, -0.2) is 33.8 Å². The van der Waals surface area contributed by atoms with E-state index in [1.54, 1.807) is 0 Å². The van der Waals surface area contributed by atoms with Crippen LogP contribution >= 0.6 is 45.2 Å². The van der Waals surface area contributed by atoms with Crippen molar-refractivity contribution in [2.24, 2.45) is 5.92 Å². The van der Waals surface area contributed by atoms with Crippen molar-refractivity contribution in [1.82, 2.24) is 4.90 Å². The summed E-state index contributed by atoms with van der Waals surface area (Å²) in [6.45, 7) is 3.40. The van der Waals surface area contributed by atoms with Crippen molar-refractivity contribution in [3.05, 3.63) is 0 Å². The maximum absolute atomic E-state index is 5.58. The highest BCUT2D eigenvalue weighted by Gasteiger charge is 2.17. The Morgan fingerprint density at radius 2 is 2.33 bits per heavy atom. The second kappa shape index (κ2) is 5.98. The van der Waals surface area contributed by atoms with Gasteiger partial charge in [0.25, 0.3) is 0 Å². The molecular formula is C8H15I2NO. The molecule has 2 nitrogen and oxygen atoms in total. The molecule has 1 heterocycles. The second-order valence-electron chi connectivity index (χ2n) is 3.36. The summed E-state index contributed by atoms with van der Waals surface area (Å²) in [7, 11) is 2.19. The van der Waals surface area contributed by atoms with Gasteiger partial charge in [0.1, 0.15) is 0 Å². The van der Waals surface area contributed by atoms with Crippen molar-refractivity contribution < 1.29 is 4.74 Å². The van der Waals surface area contributed by atoms with Gasteiger partial charge in [-0.3, -0.25) is 0 Å². The Morgan fingerprint density at radius 1 is 1.58 bits per heavy atom. The van der Waals surface area contributed by atoms with Gasteiger partial charge in [-0.25, -0.2) is 0 Å². The predicted octanol–water partition coefficient (Wildman–Crippen LogP) is 2.50. The smallest absolute Gasteiger partial charge is 0.159 e. The SMILES string of the molecule is CN1CCC[C@@H](COC(I)I)C1. The molecular weight excluding hydrogens is 380 g/mol. The molecule has 4 heteroatoms. The number of piperidine rings is 1. The third-order valence-electron chi connectivity index (χ3n) is 2.18. The summed E-state index contributed by atoms with van der Waals surface area (Å²) >= 11 is 4.59. The molecule has 1 aliphatic rings. The fourth-order valence-electron chi connectivity index (χ4n) is 1.62. The lowest BCUT2D eigenvalue weighted by molar-refractivity contribution is 0.0926. The van der Waals surface area contributed by atoms with E-state index in [0.717, 1.165) is 12.5 Å². The Bertz CT molecular complexity index is 132. The third-order valence-corrected chi connectivity index (χ3v) is 2.90. The standard InChI is InChI=1S/C8H15I2NO/c1-11-4-2-3-7(5-11)6-12-8(9)10/h7-8H,2-6H2,1H3/t7-/m1/s1. The highest BCUT2D eigenvalue weighted by Crippen LogP contribution is 2.18. The van der Waals surface area contributed by atoms with Crippen molar-refractivity contribution in [1.29, 1.82) is 0 Å². The van der Waals surface area contributed by atoms with E-state index in [2.05, 4.69) is 57.1 Å². The van der Waals surface area contributed by atoms with Gasteiger partial charge >= 0.3 is 0 Å². The number of rotatable bonds is 3. The third kappa shape index (κ3) is 4.57. The molecule has 0 radical (unpaired) electrons. The van der Waals surface area contributed by atoms with Gasteiger partial charge in [0, 0.05) is 6.54 Å². The van der Waals surface area contributed by atoms with Gasteiger partial charge in [0.2, 0.25) is 0 Å². The topological polar surface area (TPSA) is 12.5 Å². The normalized spacial score (nSPS) is 26.5. The lowest BCUT2D eigenvalue weighted by atomic mass is 10.00. The van der Waals surface area contributed by atoms with E-state index in [1.807, 2.05) is 0 Å². The molecule has 72 valence electrons. The molecule has 0 aromatic heterocycles. The lowest BCUT2D eigenvalue weighted by Gasteiger charge is -2.29. The van der Waals surface area contributed by atoms with Crippen LogP contribution in [0.3, 0.4) is 0 Å². The van der Waals surface area contributed by atoms with Gasteiger partial charge in [-0.1, -0.05) is 0 Å². The van der Waals surface area contributed by atoms with Crippen LogP contribution in [-0.2, 0) is 4.74 Å². The summed E-state index contributed by atoms with van der Waals surface area (Å²) in [5, 5.41) is 0. The molecule has 1 saturated heterocycles. The fraction of sp³-hybridized carbons (Fsp3) is 1.00. The van der Waals surface area contributed by atoms with Gasteiger partial charge in [-0.2, -0.15) is 0 Å². The average molecular weight is 395 g/mol. The highest BCUT2D eigenvalue weighted by molar-refractivity contribution is 14.2. The lowest BCUT2D eigenvalue weighted by Crippen LogP contribution is -2.34. The number of alkyl halides is 2. The zero-order valence-electron chi connectivity index (χ0n) is 7.30. The van der Waals surface area contributed by atoms with Crippen LogP contribution < -0.4 is 0 Å². The van der Waals surface area contributed by atoms with E-state index in [-0.39, 0.29) is 0 Å². The van der Waals surface area contributed by atoms with E-state index in [4.69, 9.17) is 4.74 Å². The first-order valence-electron chi connectivity index (χ1n) is 4.27. The molecule has 0 spiro atoms. The minimum Gasteiger partial charge on any atom is -0.358 e. The molecule has 0 aliphatic carbocycles. The van der Waals surface area contributed by atoms with Gasteiger partial charge in [0.05, 0.1) is 6.61 Å². The van der Waals surface area contributed by atoms with Crippen LogP contribution in [0.15, 0.2) is 0 Å². The molecule has 0 N–H and O–H groups in total. The first-order chi connectivity index (χ1) is 5.68. The summed E-state index contributed by atoms with van der Waals surface area (Å²) in [4.78, 5) is 2.40. The van der Waals surface area contributed by atoms with Crippen LogP contribution in [0.4, 0.5) is 0 Å². The van der Waals surface area contributed by atoms with Crippen molar-refractivity contribution in [3.8, 4) is 0 Å².